The first kappa shape index (κ1) is 6.35. The highest BCUT2D eigenvalue weighted by atomic mass is 16.5. The van der Waals surface area contributed by atoms with Gasteiger partial charge in [0, 0.05) is 5.92 Å². The lowest BCUT2D eigenvalue weighted by Gasteiger charge is -2.21. The maximum Gasteiger partial charge on any atom is 0.164 e. The molecule has 0 amide bonds. The van der Waals surface area contributed by atoms with Crippen LogP contribution in [0.4, 0.5) is 0 Å². The van der Waals surface area contributed by atoms with Gasteiger partial charge in [0.15, 0.2) is 5.78 Å². The van der Waals surface area contributed by atoms with Gasteiger partial charge in [-0.25, -0.2) is 0 Å². The smallest absolute Gasteiger partial charge is 0.164 e. The van der Waals surface area contributed by atoms with Crippen LogP contribution >= 0.6 is 0 Å². The predicted octanol–water partition coefficient (Wildman–Crippen LogP) is 1.14. The van der Waals surface area contributed by atoms with E-state index in [0.717, 1.165) is 12.8 Å². The Hall–Kier alpha value is -0.370. The highest BCUT2D eigenvalue weighted by Gasteiger charge is 2.36. The average molecular weight is 140 g/mol. The van der Waals surface area contributed by atoms with Crippen molar-refractivity contribution in [1.29, 1.82) is 0 Å². The Kier molecular flexibility index (Phi) is 1.49. The summed E-state index contributed by atoms with van der Waals surface area (Å²) in [6.45, 7) is 0.384. The van der Waals surface area contributed by atoms with Gasteiger partial charge in [-0.05, 0) is 12.8 Å². The van der Waals surface area contributed by atoms with Gasteiger partial charge >= 0.3 is 0 Å². The van der Waals surface area contributed by atoms with Gasteiger partial charge < -0.3 is 4.74 Å². The van der Waals surface area contributed by atoms with Crippen LogP contribution in [0.5, 0.6) is 0 Å². The number of carbonyl (C=O) groups is 1. The molecule has 1 saturated heterocycles. The lowest BCUT2D eigenvalue weighted by atomic mass is 9.86. The van der Waals surface area contributed by atoms with E-state index in [1.165, 1.54) is 12.8 Å². The summed E-state index contributed by atoms with van der Waals surface area (Å²) in [6.07, 6.45) is 4.94. The summed E-state index contributed by atoms with van der Waals surface area (Å²) in [5, 5.41) is 0. The van der Waals surface area contributed by atoms with Gasteiger partial charge in [-0.1, -0.05) is 12.8 Å². The Bertz CT molecular complexity index is 153. The fourth-order valence-corrected chi connectivity index (χ4v) is 1.96. The van der Waals surface area contributed by atoms with Crippen LogP contribution in [0.25, 0.3) is 0 Å². The highest BCUT2D eigenvalue weighted by molar-refractivity contribution is 5.84. The number of ketones is 1. The molecule has 0 bridgehead atoms. The molecule has 2 heteroatoms. The van der Waals surface area contributed by atoms with Crippen LogP contribution < -0.4 is 0 Å². The molecular weight excluding hydrogens is 128 g/mol. The van der Waals surface area contributed by atoms with Crippen LogP contribution in [0, 0.1) is 5.92 Å². The molecule has 0 aromatic rings. The molecule has 0 aromatic carbocycles. The number of rotatable bonds is 0. The van der Waals surface area contributed by atoms with Crippen LogP contribution in [-0.2, 0) is 9.53 Å². The van der Waals surface area contributed by atoms with Gasteiger partial charge in [0.1, 0.15) is 6.61 Å². The number of hydrogen-bond donors (Lipinski definition) is 0. The van der Waals surface area contributed by atoms with E-state index in [4.69, 9.17) is 4.74 Å². The molecule has 10 heavy (non-hydrogen) atoms. The SMILES string of the molecule is O=C1CO[C@@H]2CCCC[C@H]12. The molecular formula is C8H12O2. The zero-order valence-corrected chi connectivity index (χ0v) is 6.01. The van der Waals surface area contributed by atoms with E-state index in [1.54, 1.807) is 0 Å². The van der Waals surface area contributed by atoms with Crippen LogP contribution in [0.3, 0.4) is 0 Å². The van der Waals surface area contributed by atoms with Crippen molar-refractivity contribution < 1.29 is 9.53 Å². The molecule has 2 aliphatic rings. The van der Waals surface area contributed by atoms with Crippen LogP contribution in [0.2, 0.25) is 0 Å². The first-order valence-electron chi connectivity index (χ1n) is 4.02. The lowest BCUT2D eigenvalue weighted by molar-refractivity contribution is -0.120. The molecule has 0 spiro atoms. The van der Waals surface area contributed by atoms with E-state index in [0.29, 0.717) is 18.5 Å². The van der Waals surface area contributed by atoms with E-state index >= 15 is 0 Å². The number of carbonyl (C=O) groups excluding carboxylic acids is 1. The molecule has 1 saturated carbocycles. The van der Waals surface area contributed by atoms with E-state index < -0.39 is 0 Å². The number of hydrogen-bond acceptors (Lipinski definition) is 2. The topological polar surface area (TPSA) is 26.3 Å². The minimum absolute atomic E-state index is 0.272. The second kappa shape index (κ2) is 2.35. The maximum absolute atomic E-state index is 11.1. The molecule has 0 unspecified atom stereocenters. The summed E-state index contributed by atoms with van der Waals surface area (Å²) in [5.41, 5.74) is 0. The normalized spacial score (nSPS) is 39.8. The second-order valence-electron chi connectivity index (χ2n) is 3.21. The second-order valence-corrected chi connectivity index (χ2v) is 3.21. The molecule has 0 aromatic heterocycles. The zero-order valence-electron chi connectivity index (χ0n) is 6.01. The molecule has 1 aliphatic heterocycles. The van der Waals surface area contributed by atoms with Gasteiger partial charge in [0.2, 0.25) is 0 Å². The van der Waals surface area contributed by atoms with Crippen molar-refractivity contribution in [1.82, 2.24) is 0 Å². The maximum atomic E-state index is 11.1. The Morgan fingerprint density at radius 1 is 1.30 bits per heavy atom. The third-order valence-corrected chi connectivity index (χ3v) is 2.56. The number of Topliss-reactive ketones (excluding diaryl/α,β-unsaturated/α-hetero) is 1. The predicted molar refractivity (Wildman–Crippen MR) is 36.7 cm³/mol. The Morgan fingerprint density at radius 3 is 2.90 bits per heavy atom. The molecule has 2 fully saturated rings. The third-order valence-electron chi connectivity index (χ3n) is 2.56. The zero-order chi connectivity index (χ0) is 6.97. The lowest BCUT2D eigenvalue weighted by Crippen LogP contribution is -2.23. The molecule has 2 atom stereocenters. The fourth-order valence-electron chi connectivity index (χ4n) is 1.96. The summed E-state index contributed by atoms with van der Waals surface area (Å²) in [6, 6.07) is 0. The standard InChI is InChI=1S/C8H12O2/c9-7-5-10-8-4-2-1-3-6(7)8/h6,8H,1-5H2/t6-,8-/m1/s1. The van der Waals surface area contributed by atoms with Gasteiger partial charge in [0.25, 0.3) is 0 Å². The van der Waals surface area contributed by atoms with Gasteiger partial charge in [-0.2, -0.15) is 0 Å². The van der Waals surface area contributed by atoms with Crippen molar-refractivity contribution in [3.63, 3.8) is 0 Å². The monoisotopic (exact) mass is 140 g/mol. The van der Waals surface area contributed by atoms with Crippen LogP contribution in [0.15, 0.2) is 0 Å². The quantitative estimate of drug-likeness (QED) is 0.504. The summed E-state index contributed by atoms with van der Waals surface area (Å²) < 4.78 is 5.32. The van der Waals surface area contributed by atoms with E-state index in [9.17, 15) is 4.79 Å². The molecule has 2 rings (SSSR count). The minimum Gasteiger partial charge on any atom is -0.370 e. The molecule has 1 aliphatic carbocycles. The van der Waals surface area contributed by atoms with Crippen molar-refractivity contribution in [2.75, 3.05) is 6.61 Å². The van der Waals surface area contributed by atoms with E-state index in [1.807, 2.05) is 0 Å². The summed E-state index contributed by atoms with van der Waals surface area (Å²) in [4.78, 5) is 11.1. The van der Waals surface area contributed by atoms with Crippen molar-refractivity contribution in [3.05, 3.63) is 0 Å². The Labute approximate surface area is 60.6 Å². The van der Waals surface area contributed by atoms with Crippen molar-refractivity contribution in [2.24, 2.45) is 5.92 Å². The Balaban J connectivity index is 2.08. The first-order valence-corrected chi connectivity index (χ1v) is 4.02. The Morgan fingerprint density at radius 2 is 2.10 bits per heavy atom. The van der Waals surface area contributed by atoms with Gasteiger partial charge in [-0.15, -0.1) is 0 Å². The van der Waals surface area contributed by atoms with Crippen molar-refractivity contribution >= 4 is 5.78 Å². The molecule has 56 valence electrons. The summed E-state index contributed by atoms with van der Waals surface area (Å²) in [7, 11) is 0. The van der Waals surface area contributed by atoms with Gasteiger partial charge in [-0.3, -0.25) is 4.79 Å². The van der Waals surface area contributed by atoms with Crippen LogP contribution in [-0.4, -0.2) is 18.5 Å². The van der Waals surface area contributed by atoms with E-state index in [2.05, 4.69) is 0 Å². The van der Waals surface area contributed by atoms with Gasteiger partial charge in [0.05, 0.1) is 6.10 Å². The summed E-state index contributed by atoms with van der Waals surface area (Å²) >= 11 is 0. The van der Waals surface area contributed by atoms with Crippen LogP contribution in [0.1, 0.15) is 25.7 Å². The van der Waals surface area contributed by atoms with Crippen molar-refractivity contribution in [2.45, 2.75) is 31.8 Å². The minimum atomic E-state index is 0.272. The first-order chi connectivity index (χ1) is 4.88. The van der Waals surface area contributed by atoms with E-state index in [-0.39, 0.29) is 5.92 Å². The molecule has 0 N–H and O–H groups in total. The third kappa shape index (κ3) is 0.870. The number of fused-ring (bicyclic) bond motifs is 1. The molecule has 0 radical (unpaired) electrons. The largest absolute Gasteiger partial charge is 0.370 e. The summed E-state index contributed by atoms with van der Waals surface area (Å²) in [5.74, 6) is 0.610. The average Bonchev–Trinajstić information content (AvgIpc) is 2.34. The molecule has 2 nitrogen and oxygen atoms in total. The van der Waals surface area contributed by atoms with Crippen molar-refractivity contribution in [3.8, 4) is 0 Å². The highest BCUT2D eigenvalue weighted by Crippen LogP contribution is 2.31. The molecule has 1 heterocycles. The number of ether oxygens (including phenoxy) is 1. The fraction of sp³-hybridized carbons (Fsp3) is 0.875.